The number of halogens is 1. The molecule has 0 aliphatic heterocycles. The van der Waals surface area contributed by atoms with E-state index >= 15 is 0 Å². The fourth-order valence-electron chi connectivity index (χ4n) is 2.52. The Morgan fingerprint density at radius 1 is 1.05 bits per heavy atom. The van der Waals surface area contributed by atoms with Gasteiger partial charge >= 0.3 is 0 Å². The zero-order chi connectivity index (χ0) is 13.2. The van der Waals surface area contributed by atoms with Crippen molar-refractivity contribution in [1.82, 2.24) is 0 Å². The first kappa shape index (κ1) is 12.2. The minimum atomic E-state index is -0.630. The highest BCUT2D eigenvalue weighted by Crippen LogP contribution is 2.32. The Morgan fingerprint density at radius 2 is 1.79 bits per heavy atom. The third-order valence-electron chi connectivity index (χ3n) is 3.53. The summed E-state index contributed by atoms with van der Waals surface area (Å²) in [5, 5.41) is 10.3. The molecule has 2 aromatic carbocycles. The molecule has 19 heavy (non-hydrogen) atoms. The fourth-order valence-corrected chi connectivity index (χ4v) is 2.52. The van der Waals surface area contributed by atoms with Gasteiger partial charge in [-0.2, -0.15) is 0 Å². The first-order valence-corrected chi connectivity index (χ1v) is 6.42. The first-order valence-electron chi connectivity index (χ1n) is 6.42. The van der Waals surface area contributed by atoms with Crippen LogP contribution in [0.4, 0.5) is 4.39 Å². The Hall–Kier alpha value is -1.87. The lowest BCUT2D eigenvalue weighted by molar-refractivity contribution is 0.0230. The van der Waals surface area contributed by atoms with Crippen LogP contribution in [0.5, 0.6) is 5.75 Å². The topological polar surface area (TPSA) is 29.5 Å². The number of benzene rings is 2. The van der Waals surface area contributed by atoms with Crippen LogP contribution in [0.1, 0.15) is 23.7 Å². The normalized spacial score (nSPS) is 21.8. The number of rotatable bonds is 2. The lowest BCUT2D eigenvalue weighted by Crippen LogP contribution is -2.30. The summed E-state index contributed by atoms with van der Waals surface area (Å²) in [7, 11) is 0. The average Bonchev–Trinajstić information content (AvgIpc) is 2.45. The Balaban J connectivity index is 1.79. The quantitative estimate of drug-likeness (QED) is 0.896. The molecule has 1 N–H and O–H groups in total. The van der Waals surface area contributed by atoms with Crippen molar-refractivity contribution in [2.24, 2.45) is 0 Å². The maximum absolute atomic E-state index is 12.8. The summed E-state index contributed by atoms with van der Waals surface area (Å²) in [6, 6.07) is 13.8. The number of aliphatic hydroxyl groups is 1. The van der Waals surface area contributed by atoms with Gasteiger partial charge in [-0.3, -0.25) is 0 Å². The molecule has 0 amide bonds. The molecule has 98 valence electrons. The van der Waals surface area contributed by atoms with Gasteiger partial charge in [0.15, 0.2) is 0 Å². The Bertz CT molecular complexity index is 565. The molecule has 0 aromatic heterocycles. The van der Waals surface area contributed by atoms with Crippen molar-refractivity contribution in [3.8, 4) is 5.75 Å². The zero-order valence-corrected chi connectivity index (χ0v) is 10.4. The second-order valence-electron chi connectivity index (χ2n) is 4.79. The van der Waals surface area contributed by atoms with Crippen molar-refractivity contribution in [2.75, 3.05) is 0 Å². The van der Waals surface area contributed by atoms with Crippen molar-refractivity contribution in [3.63, 3.8) is 0 Å². The van der Waals surface area contributed by atoms with Gasteiger partial charge in [-0.05, 0) is 48.2 Å². The van der Waals surface area contributed by atoms with Gasteiger partial charge in [-0.1, -0.05) is 24.3 Å². The van der Waals surface area contributed by atoms with E-state index in [1.54, 1.807) is 12.1 Å². The van der Waals surface area contributed by atoms with E-state index in [9.17, 15) is 9.50 Å². The summed E-state index contributed by atoms with van der Waals surface area (Å²) in [5.74, 6) is 0.298. The monoisotopic (exact) mass is 258 g/mol. The lowest BCUT2D eigenvalue weighted by Gasteiger charge is -2.30. The number of fused-ring (bicyclic) bond motifs is 1. The molecule has 2 unspecified atom stereocenters. The van der Waals surface area contributed by atoms with Crippen LogP contribution in [0.15, 0.2) is 48.5 Å². The molecule has 0 bridgehead atoms. The van der Waals surface area contributed by atoms with E-state index in [0.717, 1.165) is 18.4 Å². The Morgan fingerprint density at radius 3 is 2.58 bits per heavy atom. The van der Waals surface area contributed by atoms with Crippen LogP contribution in [-0.4, -0.2) is 11.2 Å². The van der Waals surface area contributed by atoms with Crippen molar-refractivity contribution in [1.29, 1.82) is 0 Å². The van der Waals surface area contributed by atoms with E-state index in [0.29, 0.717) is 5.75 Å². The largest absolute Gasteiger partial charge is 0.487 e. The van der Waals surface area contributed by atoms with E-state index in [4.69, 9.17) is 4.74 Å². The molecule has 1 aliphatic rings. The van der Waals surface area contributed by atoms with Crippen molar-refractivity contribution < 1.29 is 14.2 Å². The van der Waals surface area contributed by atoms with Crippen LogP contribution in [0, 0.1) is 5.82 Å². The van der Waals surface area contributed by atoms with Crippen LogP contribution in [-0.2, 0) is 6.42 Å². The van der Waals surface area contributed by atoms with Crippen LogP contribution >= 0.6 is 0 Å². The highest BCUT2D eigenvalue weighted by Gasteiger charge is 2.29. The Kier molecular flexibility index (Phi) is 3.22. The number of aliphatic hydroxyl groups excluding tert-OH is 1. The second kappa shape index (κ2) is 5.02. The van der Waals surface area contributed by atoms with Gasteiger partial charge in [-0.25, -0.2) is 4.39 Å². The fraction of sp³-hybridized carbons (Fsp3) is 0.250. The van der Waals surface area contributed by atoms with Gasteiger partial charge < -0.3 is 9.84 Å². The molecule has 0 saturated heterocycles. The third-order valence-corrected chi connectivity index (χ3v) is 3.53. The summed E-state index contributed by atoms with van der Waals surface area (Å²) in [6.07, 6.45) is 0.740. The predicted molar refractivity (Wildman–Crippen MR) is 70.5 cm³/mol. The first-order chi connectivity index (χ1) is 9.24. The van der Waals surface area contributed by atoms with E-state index in [1.165, 1.54) is 17.7 Å². The maximum Gasteiger partial charge on any atom is 0.129 e. The van der Waals surface area contributed by atoms with Crippen LogP contribution in [0.2, 0.25) is 0 Å². The van der Waals surface area contributed by atoms with Gasteiger partial charge in [-0.15, -0.1) is 0 Å². The van der Waals surface area contributed by atoms with Gasteiger partial charge in [0.1, 0.15) is 23.8 Å². The van der Waals surface area contributed by atoms with Crippen molar-refractivity contribution in [3.05, 3.63) is 65.5 Å². The summed E-state index contributed by atoms with van der Waals surface area (Å²) in [4.78, 5) is 0. The average molecular weight is 258 g/mol. The highest BCUT2D eigenvalue weighted by molar-refractivity contribution is 5.33. The molecular weight excluding hydrogens is 243 g/mol. The molecule has 0 heterocycles. The molecule has 3 heteroatoms. The molecule has 0 fully saturated rings. The molecule has 2 atom stereocenters. The maximum atomic E-state index is 12.8. The summed E-state index contributed by atoms with van der Waals surface area (Å²) in [6.45, 7) is 0. The highest BCUT2D eigenvalue weighted by atomic mass is 19.1. The van der Waals surface area contributed by atoms with Crippen LogP contribution in [0.25, 0.3) is 0 Å². The molecule has 3 rings (SSSR count). The molecule has 2 aromatic rings. The SMILES string of the molecule is OC1c2ccccc2CCC1Oc1ccc(F)cc1. The Labute approximate surface area is 111 Å². The summed E-state index contributed by atoms with van der Waals surface area (Å²) >= 11 is 0. The minimum absolute atomic E-state index is 0.277. The van der Waals surface area contributed by atoms with E-state index < -0.39 is 6.10 Å². The van der Waals surface area contributed by atoms with Crippen LogP contribution < -0.4 is 4.74 Å². The number of aryl methyl sites for hydroxylation is 1. The second-order valence-corrected chi connectivity index (χ2v) is 4.79. The number of hydrogen-bond acceptors (Lipinski definition) is 2. The molecule has 0 spiro atoms. The van der Waals surface area contributed by atoms with Gasteiger partial charge in [0.2, 0.25) is 0 Å². The smallest absolute Gasteiger partial charge is 0.129 e. The number of ether oxygens (including phenoxy) is 1. The molecule has 2 nitrogen and oxygen atoms in total. The van der Waals surface area contributed by atoms with Crippen LogP contribution in [0.3, 0.4) is 0 Å². The lowest BCUT2D eigenvalue weighted by atomic mass is 9.87. The van der Waals surface area contributed by atoms with E-state index in [2.05, 4.69) is 0 Å². The molecule has 0 radical (unpaired) electrons. The molecule has 0 saturated carbocycles. The zero-order valence-electron chi connectivity index (χ0n) is 10.4. The third kappa shape index (κ3) is 2.47. The van der Waals surface area contributed by atoms with Crippen molar-refractivity contribution in [2.45, 2.75) is 25.0 Å². The standard InChI is InChI=1S/C16H15FO2/c17-12-6-8-13(9-7-12)19-15-10-5-11-3-1-2-4-14(11)16(15)18/h1-4,6-9,15-16,18H,5,10H2. The summed E-state index contributed by atoms with van der Waals surface area (Å²) in [5.41, 5.74) is 2.11. The van der Waals surface area contributed by atoms with Gasteiger partial charge in [0.25, 0.3) is 0 Å². The summed E-state index contributed by atoms with van der Waals surface area (Å²) < 4.78 is 18.6. The predicted octanol–water partition coefficient (Wildman–Crippen LogP) is 3.25. The van der Waals surface area contributed by atoms with Gasteiger partial charge in [0, 0.05) is 0 Å². The van der Waals surface area contributed by atoms with Crippen molar-refractivity contribution >= 4 is 0 Å². The minimum Gasteiger partial charge on any atom is -0.487 e. The van der Waals surface area contributed by atoms with E-state index in [1.807, 2.05) is 24.3 Å². The molecule has 1 aliphatic carbocycles. The van der Waals surface area contributed by atoms with Gasteiger partial charge in [0.05, 0.1) is 0 Å². The number of hydrogen-bond donors (Lipinski definition) is 1. The molecular formula is C16H15FO2. The van der Waals surface area contributed by atoms with E-state index in [-0.39, 0.29) is 11.9 Å².